The van der Waals surface area contributed by atoms with E-state index >= 15 is 0 Å². The molecule has 26 heavy (non-hydrogen) atoms. The second-order valence-corrected chi connectivity index (χ2v) is 7.18. The quantitative estimate of drug-likeness (QED) is 0.556. The maximum absolute atomic E-state index is 12.5. The molecule has 1 aromatic carbocycles. The van der Waals surface area contributed by atoms with Crippen molar-refractivity contribution >= 4 is 5.97 Å². The molecule has 0 saturated heterocycles. The molecular formula is C22H30O4. The summed E-state index contributed by atoms with van der Waals surface area (Å²) >= 11 is 0. The SMILES string of the molecule is C=C(C)[C@@H]1CCC(C)=C[C@H]1c1ccc(CCC)c(C(=O)OCCO)c1O. The highest BCUT2D eigenvalue weighted by atomic mass is 16.5. The van der Waals surface area contributed by atoms with Crippen molar-refractivity contribution in [2.75, 3.05) is 13.2 Å². The van der Waals surface area contributed by atoms with E-state index in [-0.39, 0.29) is 36.4 Å². The van der Waals surface area contributed by atoms with Gasteiger partial charge < -0.3 is 14.9 Å². The lowest BCUT2D eigenvalue weighted by atomic mass is 9.73. The van der Waals surface area contributed by atoms with Crippen molar-refractivity contribution in [2.45, 2.75) is 52.4 Å². The second kappa shape index (κ2) is 9.04. The van der Waals surface area contributed by atoms with Crippen LogP contribution in [0, 0.1) is 5.92 Å². The van der Waals surface area contributed by atoms with Gasteiger partial charge in [-0.05, 0) is 44.6 Å². The molecule has 0 spiro atoms. The van der Waals surface area contributed by atoms with Gasteiger partial charge in [0, 0.05) is 11.5 Å². The maximum atomic E-state index is 12.5. The van der Waals surface area contributed by atoms with E-state index in [0.29, 0.717) is 6.42 Å². The Bertz CT molecular complexity index is 702. The highest BCUT2D eigenvalue weighted by Gasteiger charge is 2.30. The number of carbonyl (C=O) groups is 1. The lowest BCUT2D eigenvalue weighted by molar-refractivity contribution is 0.0429. The van der Waals surface area contributed by atoms with Gasteiger partial charge in [0.25, 0.3) is 0 Å². The fourth-order valence-electron chi connectivity index (χ4n) is 3.76. The van der Waals surface area contributed by atoms with Crippen molar-refractivity contribution in [3.8, 4) is 5.75 Å². The van der Waals surface area contributed by atoms with Crippen molar-refractivity contribution in [2.24, 2.45) is 5.92 Å². The summed E-state index contributed by atoms with van der Waals surface area (Å²) in [6.07, 6.45) is 5.73. The number of phenols is 1. The topological polar surface area (TPSA) is 66.8 Å². The van der Waals surface area contributed by atoms with Crippen molar-refractivity contribution in [1.29, 1.82) is 0 Å². The summed E-state index contributed by atoms with van der Waals surface area (Å²) < 4.78 is 5.10. The van der Waals surface area contributed by atoms with Crippen LogP contribution < -0.4 is 0 Å². The zero-order valence-corrected chi connectivity index (χ0v) is 16.0. The Labute approximate surface area is 156 Å². The number of ether oxygens (including phenoxy) is 1. The zero-order valence-electron chi connectivity index (χ0n) is 16.0. The van der Waals surface area contributed by atoms with Crippen LogP contribution in [0.1, 0.15) is 67.4 Å². The number of carbonyl (C=O) groups excluding carboxylic acids is 1. The Morgan fingerprint density at radius 2 is 2.12 bits per heavy atom. The van der Waals surface area contributed by atoms with E-state index in [1.54, 1.807) is 0 Å². The van der Waals surface area contributed by atoms with Gasteiger partial charge in [0.15, 0.2) is 0 Å². The van der Waals surface area contributed by atoms with Crippen LogP contribution in [0.3, 0.4) is 0 Å². The molecule has 4 nitrogen and oxygen atoms in total. The molecule has 0 aromatic heterocycles. The molecule has 0 bridgehead atoms. The Morgan fingerprint density at radius 1 is 1.38 bits per heavy atom. The third-order valence-electron chi connectivity index (χ3n) is 5.08. The summed E-state index contributed by atoms with van der Waals surface area (Å²) in [5, 5.41) is 19.9. The van der Waals surface area contributed by atoms with E-state index in [1.807, 2.05) is 26.0 Å². The first-order valence-corrected chi connectivity index (χ1v) is 9.36. The number of aromatic hydroxyl groups is 1. The molecule has 0 saturated carbocycles. The number of rotatable bonds is 7. The molecule has 1 aliphatic carbocycles. The molecule has 0 fully saturated rings. The molecule has 2 atom stereocenters. The Kier molecular flexibility index (Phi) is 7.04. The van der Waals surface area contributed by atoms with Gasteiger partial charge in [-0.2, -0.15) is 0 Å². The first kappa shape index (κ1) is 20.2. The van der Waals surface area contributed by atoms with Crippen LogP contribution >= 0.6 is 0 Å². The fourth-order valence-corrected chi connectivity index (χ4v) is 3.76. The normalized spacial score (nSPS) is 19.8. The number of aryl methyl sites for hydroxylation is 1. The Morgan fingerprint density at radius 3 is 2.73 bits per heavy atom. The van der Waals surface area contributed by atoms with Crippen LogP contribution in [0.5, 0.6) is 5.75 Å². The Hall–Kier alpha value is -2.07. The smallest absolute Gasteiger partial charge is 0.342 e. The summed E-state index contributed by atoms with van der Waals surface area (Å²) in [5.74, 6) is -0.337. The van der Waals surface area contributed by atoms with Gasteiger partial charge in [-0.15, -0.1) is 0 Å². The number of allylic oxidation sites excluding steroid dienone is 3. The number of aliphatic hydroxyl groups excluding tert-OH is 1. The average molecular weight is 358 g/mol. The van der Waals surface area contributed by atoms with Crippen molar-refractivity contribution in [1.82, 2.24) is 0 Å². The third kappa shape index (κ3) is 4.36. The molecule has 142 valence electrons. The summed E-state index contributed by atoms with van der Waals surface area (Å²) in [6, 6.07) is 3.85. The van der Waals surface area contributed by atoms with E-state index in [2.05, 4.69) is 19.6 Å². The number of aliphatic hydroxyl groups is 1. The molecule has 0 unspecified atom stereocenters. The molecule has 2 rings (SSSR count). The molecule has 0 radical (unpaired) electrons. The standard InChI is InChI=1S/C22H30O4/c1-5-6-16-8-10-18(21(24)20(16)22(25)26-12-11-23)19-13-15(4)7-9-17(19)14(2)3/h8,10,13,17,19,23-24H,2,5-7,9,11-12H2,1,3-4H3/t17-,19+/m0/s1. The molecule has 0 amide bonds. The average Bonchev–Trinajstić information content (AvgIpc) is 2.60. The van der Waals surface area contributed by atoms with Crippen LogP contribution in [0.4, 0.5) is 0 Å². The van der Waals surface area contributed by atoms with Crippen LogP contribution in [0.25, 0.3) is 0 Å². The van der Waals surface area contributed by atoms with Gasteiger partial charge in [0.1, 0.15) is 17.9 Å². The highest BCUT2D eigenvalue weighted by Crippen LogP contribution is 2.44. The highest BCUT2D eigenvalue weighted by molar-refractivity contribution is 5.94. The minimum absolute atomic E-state index is 0.00101. The molecule has 0 heterocycles. The Balaban J connectivity index is 2.53. The largest absolute Gasteiger partial charge is 0.507 e. The monoisotopic (exact) mass is 358 g/mol. The third-order valence-corrected chi connectivity index (χ3v) is 5.08. The van der Waals surface area contributed by atoms with E-state index in [4.69, 9.17) is 9.84 Å². The molecule has 0 aliphatic heterocycles. The summed E-state index contributed by atoms with van der Waals surface area (Å²) in [7, 11) is 0. The minimum Gasteiger partial charge on any atom is -0.507 e. The number of hydrogen-bond donors (Lipinski definition) is 2. The summed E-state index contributed by atoms with van der Waals surface area (Å²) in [5.41, 5.74) is 4.12. The van der Waals surface area contributed by atoms with Gasteiger partial charge in [0.05, 0.1) is 6.61 Å². The summed E-state index contributed by atoms with van der Waals surface area (Å²) in [4.78, 5) is 12.5. The minimum atomic E-state index is -0.578. The van der Waals surface area contributed by atoms with Crippen molar-refractivity contribution < 1.29 is 19.7 Å². The van der Waals surface area contributed by atoms with Gasteiger partial charge in [-0.3, -0.25) is 0 Å². The van der Waals surface area contributed by atoms with Crippen LogP contribution in [-0.2, 0) is 11.2 Å². The first-order chi connectivity index (χ1) is 12.4. The predicted octanol–water partition coefficient (Wildman–Crippen LogP) is 4.51. The van der Waals surface area contributed by atoms with Gasteiger partial charge in [-0.25, -0.2) is 4.79 Å². The molecule has 4 heteroatoms. The zero-order chi connectivity index (χ0) is 19.3. The predicted molar refractivity (Wildman–Crippen MR) is 104 cm³/mol. The van der Waals surface area contributed by atoms with E-state index in [1.165, 1.54) is 5.57 Å². The number of phenolic OH excluding ortho intramolecular Hbond substituents is 1. The number of benzene rings is 1. The van der Waals surface area contributed by atoms with Gasteiger partial charge in [-0.1, -0.05) is 49.3 Å². The van der Waals surface area contributed by atoms with Crippen LogP contribution in [-0.4, -0.2) is 29.4 Å². The number of esters is 1. The maximum Gasteiger partial charge on any atom is 0.342 e. The molecule has 2 N–H and O–H groups in total. The summed E-state index contributed by atoms with van der Waals surface area (Å²) in [6.45, 7) is 9.95. The van der Waals surface area contributed by atoms with E-state index in [9.17, 15) is 9.90 Å². The molecule has 1 aliphatic rings. The first-order valence-electron chi connectivity index (χ1n) is 9.36. The lowest BCUT2D eigenvalue weighted by Gasteiger charge is -2.31. The number of hydrogen-bond acceptors (Lipinski definition) is 4. The van der Waals surface area contributed by atoms with E-state index < -0.39 is 5.97 Å². The van der Waals surface area contributed by atoms with Gasteiger partial charge in [0.2, 0.25) is 0 Å². The van der Waals surface area contributed by atoms with Crippen LogP contribution in [0.2, 0.25) is 0 Å². The second-order valence-electron chi connectivity index (χ2n) is 7.18. The van der Waals surface area contributed by atoms with E-state index in [0.717, 1.165) is 36.0 Å². The molecular weight excluding hydrogens is 328 g/mol. The fraction of sp³-hybridized carbons (Fsp3) is 0.500. The lowest BCUT2D eigenvalue weighted by Crippen LogP contribution is -2.19. The van der Waals surface area contributed by atoms with Crippen LogP contribution in [0.15, 0.2) is 35.9 Å². The van der Waals surface area contributed by atoms with Crippen molar-refractivity contribution in [3.63, 3.8) is 0 Å². The molecule has 1 aromatic rings. The van der Waals surface area contributed by atoms with Crippen molar-refractivity contribution in [3.05, 3.63) is 52.6 Å². The van der Waals surface area contributed by atoms with Gasteiger partial charge >= 0.3 is 5.97 Å².